The fourth-order valence-electron chi connectivity index (χ4n) is 2.26. The summed E-state index contributed by atoms with van der Waals surface area (Å²) in [5, 5.41) is 2.90. The number of fused-ring (bicyclic) bond motifs is 1. The molecule has 2 rings (SSSR count). The summed E-state index contributed by atoms with van der Waals surface area (Å²) >= 11 is 5.29. The van der Waals surface area contributed by atoms with Crippen LogP contribution in [0.3, 0.4) is 0 Å². The molecule has 23 heavy (non-hydrogen) atoms. The lowest BCUT2D eigenvalue weighted by Crippen LogP contribution is -2.36. The van der Waals surface area contributed by atoms with Gasteiger partial charge in [0.05, 0.1) is 23.9 Å². The van der Waals surface area contributed by atoms with Crippen molar-refractivity contribution in [3.63, 3.8) is 0 Å². The fourth-order valence-corrected chi connectivity index (χ4v) is 2.49. The Morgan fingerprint density at radius 1 is 1.52 bits per heavy atom. The van der Waals surface area contributed by atoms with E-state index in [-0.39, 0.29) is 12.5 Å². The van der Waals surface area contributed by atoms with Gasteiger partial charge in [-0.15, -0.1) is 0 Å². The number of esters is 1. The van der Waals surface area contributed by atoms with Gasteiger partial charge in [-0.1, -0.05) is 12.2 Å². The van der Waals surface area contributed by atoms with Gasteiger partial charge >= 0.3 is 5.97 Å². The van der Waals surface area contributed by atoms with Gasteiger partial charge in [0.25, 0.3) is 0 Å². The minimum absolute atomic E-state index is 0.0637. The Bertz CT molecular complexity index is 616. The van der Waals surface area contributed by atoms with E-state index in [0.717, 1.165) is 22.6 Å². The topological polar surface area (TPSA) is 69.7 Å². The van der Waals surface area contributed by atoms with Crippen LogP contribution in [0, 0.1) is 6.92 Å². The predicted octanol–water partition coefficient (Wildman–Crippen LogP) is 2.06. The van der Waals surface area contributed by atoms with Crippen LogP contribution < -0.4 is 10.1 Å². The number of hydrogen-bond donors (Lipinski definition) is 1. The van der Waals surface area contributed by atoms with E-state index in [1.165, 1.54) is 0 Å². The average molecular weight is 338 g/mol. The second-order valence-electron chi connectivity index (χ2n) is 5.73. The third-order valence-electron chi connectivity index (χ3n) is 3.40. The molecular formula is C16H22N2O4S. The molecule has 0 bridgehead atoms. The average Bonchev–Trinajstić information content (AvgIpc) is 2.48. The highest BCUT2D eigenvalue weighted by Crippen LogP contribution is 2.35. The summed E-state index contributed by atoms with van der Waals surface area (Å²) in [6.45, 7) is 8.27. The summed E-state index contributed by atoms with van der Waals surface area (Å²) in [4.78, 5) is 16.3. The third-order valence-corrected chi connectivity index (χ3v) is 3.69. The second-order valence-corrected chi connectivity index (χ2v) is 6.22. The van der Waals surface area contributed by atoms with Crippen LogP contribution in [0.15, 0.2) is 6.20 Å². The number of carbonyl (C=O) groups is 1. The Hall–Kier alpha value is -1.73. The highest BCUT2D eigenvalue weighted by molar-refractivity contribution is 7.80. The van der Waals surface area contributed by atoms with Gasteiger partial charge in [0.15, 0.2) is 0 Å². The van der Waals surface area contributed by atoms with Gasteiger partial charge in [-0.2, -0.15) is 0 Å². The van der Waals surface area contributed by atoms with Gasteiger partial charge in [-0.3, -0.25) is 9.78 Å². The Morgan fingerprint density at radius 2 is 2.26 bits per heavy atom. The van der Waals surface area contributed by atoms with Gasteiger partial charge in [0.2, 0.25) is 5.79 Å². The van der Waals surface area contributed by atoms with Crippen LogP contribution in [0.25, 0.3) is 0 Å². The van der Waals surface area contributed by atoms with Crippen molar-refractivity contribution in [3.8, 4) is 5.75 Å². The Labute approximate surface area is 141 Å². The van der Waals surface area contributed by atoms with Crippen LogP contribution in [0.1, 0.15) is 37.6 Å². The van der Waals surface area contributed by atoms with E-state index in [1.807, 2.05) is 20.8 Å². The SMILES string of the molecule is CCOC(=O)CNC(=S)Cc1cnc(C)c2c1COC(C)(C)O2. The first-order chi connectivity index (χ1) is 10.8. The van der Waals surface area contributed by atoms with Crippen molar-refractivity contribution < 1.29 is 19.0 Å². The molecule has 0 unspecified atom stereocenters. The molecule has 1 aromatic heterocycles. The van der Waals surface area contributed by atoms with Crippen molar-refractivity contribution in [2.24, 2.45) is 0 Å². The van der Waals surface area contributed by atoms with E-state index in [1.54, 1.807) is 13.1 Å². The molecule has 2 heterocycles. The molecule has 1 aromatic rings. The number of thiocarbonyl (C=S) groups is 1. The second kappa shape index (κ2) is 7.23. The molecular weight excluding hydrogens is 316 g/mol. The largest absolute Gasteiger partial charge is 0.465 e. The Kier molecular flexibility index (Phi) is 5.54. The number of aromatic nitrogens is 1. The van der Waals surface area contributed by atoms with Crippen LogP contribution in [0.2, 0.25) is 0 Å². The first-order valence-corrected chi connectivity index (χ1v) is 7.96. The maximum Gasteiger partial charge on any atom is 0.325 e. The molecule has 0 aromatic carbocycles. The molecule has 0 fully saturated rings. The number of hydrogen-bond acceptors (Lipinski definition) is 6. The van der Waals surface area contributed by atoms with E-state index in [0.29, 0.717) is 24.6 Å². The fraction of sp³-hybridized carbons (Fsp3) is 0.562. The highest BCUT2D eigenvalue weighted by Gasteiger charge is 2.30. The van der Waals surface area contributed by atoms with Crippen molar-refractivity contribution in [2.45, 2.75) is 46.5 Å². The lowest BCUT2D eigenvalue weighted by atomic mass is 10.0. The van der Waals surface area contributed by atoms with Crippen LogP contribution in [-0.2, 0) is 27.3 Å². The van der Waals surface area contributed by atoms with Gasteiger partial charge in [0.1, 0.15) is 12.3 Å². The molecule has 0 amide bonds. The van der Waals surface area contributed by atoms with Crippen LogP contribution in [0.4, 0.5) is 0 Å². The lowest BCUT2D eigenvalue weighted by molar-refractivity contribution is -0.180. The summed E-state index contributed by atoms with van der Waals surface area (Å²) in [5.74, 6) is -0.236. The summed E-state index contributed by atoms with van der Waals surface area (Å²) < 4.78 is 16.4. The molecule has 0 saturated carbocycles. The van der Waals surface area contributed by atoms with Crippen molar-refractivity contribution in [1.29, 1.82) is 0 Å². The normalized spacial score (nSPS) is 15.3. The number of aryl methyl sites for hydroxylation is 1. The minimum atomic E-state index is -0.666. The van der Waals surface area contributed by atoms with E-state index in [2.05, 4.69) is 10.3 Å². The van der Waals surface area contributed by atoms with E-state index >= 15 is 0 Å². The zero-order chi connectivity index (χ0) is 17.0. The smallest absolute Gasteiger partial charge is 0.325 e. The van der Waals surface area contributed by atoms with Crippen LogP contribution in [0.5, 0.6) is 5.75 Å². The molecule has 1 aliphatic heterocycles. The lowest BCUT2D eigenvalue weighted by Gasteiger charge is -2.34. The highest BCUT2D eigenvalue weighted by atomic mass is 32.1. The molecule has 0 atom stereocenters. The third kappa shape index (κ3) is 4.62. The zero-order valence-corrected chi connectivity index (χ0v) is 14.7. The Morgan fingerprint density at radius 3 is 2.96 bits per heavy atom. The Balaban J connectivity index is 2.07. The molecule has 6 nitrogen and oxygen atoms in total. The minimum Gasteiger partial charge on any atom is -0.465 e. The monoisotopic (exact) mass is 338 g/mol. The van der Waals surface area contributed by atoms with Crippen molar-refractivity contribution >= 4 is 23.2 Å². The zero-order valence-electron chi connectivity index (χ0n) is 13.9. The summed E-state index contributed by atoms with van der Waals surface area (Å²) in [6, 6.07) is 0. The molecule has 0 spiro atoms. The van der Waals surface area contributed by atoms with Crippen LogP contribution >= 0.6 is 12.2 Å². The van der Waals surface area contributed by atoms with Gasteiger partial charge < -0.3 is 19.5 Å². The molecule has 1 aliphatic rings. The van der Waals surface area contributed by atoms with Crippen LogP contribution in [-0.4, -0.2) is 34.9 Å². The van der Waals surface area contributed by atoms with Gasteiger partial charge in [-0.25, -0.2) is 0 Å². The standard InChI is InChI=1S/C16H22N2O4S/c1-5-20-14(19)8-18-13(23)6-11-7-17-10(2)15-12(11)9-21-16(3,4)22-15/h7H,5-6,8-9H2,1-4H3,(H,18,23). The van der Waals surface area contributed by atoms with Gasteiger partial charge in [0, 0.05) is 32.0 Å². The number of ether oxygens (including phenoxy) is 3. The quantitative estimate of drug-likeness (QED) is 0.651. The van der Waals surface area contributed by atoms with E-state index in [4.69, 9.17) is 26.4 Å². The maximum absolute atomic E-state index is 11.4. The first kappa shape index (κ1) is 17.6. The van der Waals surface area contributed by atoms with Crippen molar-refractivity contribution in [3.05, 3.63) is 23.0 Å². The predicted molar refractivity (Wildman–Crippen MR) is 89.4 cm³/mol. The van der Waals surface area contributed by atoms with E-state index < -0.39 is 5.79 Å². The van der Waals surface area contributed by atoms with Crippen molar-refractivity contribution in [2.75, 3.05) is 13.2 Å². The van der Waals surface area contributed by atoms with Crippen molar-refractivity contribution in [1.82, 2.24) is 10.3 Å². The number of pyridine rings is 1. The first-order valence-electron chi connectivity index (χ1n) is 7.55. The number of nitrogens with zero attached hydrogens (tertiary/aromatic N) is 1. The van der Waals surface area contributed by atoms with E-state index in [9.17, 15) is 4.79 Å². The molecule has 0 radical (unpaired) electrons. The summed E-state index contributed by atoms with van der Waals surface area (Å²) in [7, 11) is 0. The molecule has 0 aliphatic carbocycles. The van der Waals surface area contributed by atoms with Gasteiger partial charge in [-0.05, 0) is 19.4 Å². The maximum atomic E-state index is 11.4. The number of carbonyl (C=O) groups excluding carboxylic acids is 1. The number of nitrogens with one attached hydrogen (secondary N) is 1. The summed E-state index contributed by atoms with van der Waals surface area (Å²) in [5.41, 5.74) is 2.71. The molecule has 126 valence electrons. The molecule has 1 N–H and O–H groups in total. The molecule has 0 saturated heterocycles. The number of rotatable bonds is 5. The molecule has 7 heteroatoms. The summed E-state index contributed by atoms with van der Waals surface area (Å²) in [6.07, 6.45) is 2.25.